The van der Waals surface area contributed by atoms with E-state index in [9.17, 15) is 10.1 Å². The average molecular weight is 361 g/mol. The zero-order valence-electron chi connectivity index (χ0n) is 10.0. The van der Waals surface area contributed by atoms with Crippen molar-refractivity contribution in [2.75, 3.05) is 7.11 Å². The summed E-state index contributed by atoms with van der Waals surface area (Å²) in [5.41, 5.74) is -0.467. The van der Waals surface area contributed by atoms with Crippen LogP contribution in [-0.4, -0.2) is 22.0 Å². The van der Waals surface area contributed by atoms with Crippen molar-refractivity contribution in [3.8, 4) is 17.5 Å². The third-order valence-electron chi connectivity index (χ3n) is 2.23. The van der Waals surface area contributed by atoms with Gasteiger partial charge in [-0.3, -0.25) is 10.1 Å². The Labute approximate surface area is 126 Å². The quantitative estimate of drug-likeness (QED) is 0.611. The van der Waals surface area contributed by atoms with Gasteiger partial charge in [0.25, 0.3) is 0 Å². The molecule has 0 aliphatic rings. The predicted octanol–water partition coefficient (Wildman–Crippen LogP) is 3.60. The number of methoxy groups -OCH3 is 1. The lowest BCUT2D eigenvalue weighted by molar-refractivity contribution is -0.387. The van der Waals surface area contributed by atoms with E-state index in [-0.39, 0.29) is 17.5 Å². The molecule has 0 atom stereocenters. The van der Waals surface area contributed by atoms with Crippen molar-refractivity contribution in [3.63, 3.8) is 0 Å². The first-order valence-electron chi connectivity index (χ1n) is 5.19. The minimum absolute atomic E-state index is 0.189. The smallest absolute Gasteiger partial charge is 0.392 e. The fourth-order valence-electron chi connectivity index (χ4n) is 1.39. The summed E-state index contributed by atoms with van der Waals surface area (Å²) in [4.78, 5) is 17.8. The second-order valence-electron chi connectivity index (χ2n) is 3.47. The molecule has 0 N–H and O–H groups in total. The van der Waals surface area contributed by atoms with E-state index in [0.717, 1.165) is 6.33 Å². The first kappa shape index (κ1) is 14.5. The summed E-state index contributed by atoms with van der Waals surface area (Å²) < 4.78 is 10.9. The van der Waals surface area contributed by atoms with Crippen molar-refractivity contribution in [2.45, 2.75) is 0 Å². The number of nitro groups is 1. The Balaban J connectivity index is 2.48. The average Bonchev–Trinajstić information content (AvgIpc) is 2.42. The van der Waals surface area contributed by atoms with Gasteiger partial charge in [-0.25, -0.2) is 0 Å². The third kappa shape index (κ3) is 2.97. The predicted molar refractivity (Wildman–Crippen MR) is 74.5 cm³/mol. The summed E-state index contributed by atoms with van der Waals surface area (Å²) in [5.74, 6) is -0.210. The third-order valence-corrected chi connectivity index (χ3v) is 3.04. The van der Waals surface area contributed by atoms with Crippen LogP contribution in [0, 0.1) is 10.1 Å². The Morgan fingerprint density at radius 1 is 1.35 bits per heavy atom. The number of ether oxygens (including phenoxy) is 2. The van der Waals surface area contributed by atoms with Crippen molar-refractivity contribution in [1.82, 2.24) is 9.97 Å². The highest BCUT2D eigenvalue weighted by atomic mass is 79.9. The molecule has 2 rings (SSSR count). The number of benzene rings is 1. The van der Waals surface area contributed by atoms with Crippen molar-refractivity contribution in [2.24, 2.45) is 0 Å². The lowest BCUT2D eigenvalue weighted by Gasteiger charge is -2.08. The molecule has 2 aromatic rings. The monoisotopic (exact) mass is 359 g/mol. The van der Waals surface area contributed by atoms with Gasteiger partial charge >= 0.3 is 17.4 Å². The van der Waals surface area contributed by atoms with Gasteiger partial charge in [0.05, 0.1) is 17.1 Å². The Morgan fingerprint density at radius 3 is 2.70 bits per heavy atom. The van der Waals surface area contributed by atoms with E-state index < -0.39 is 10.6 Å². The van der Waals surface area contributed by atoms with Gasteiger partial charge in [-0.2, -0.15) is 9.97 Å². The molecule has 1 aromatic heterocycles. The second-order valence-corrected chi connectivity index (χ2v) is 4.79. The maximum absolute atomic E-state index is 11.1. The largest absolute Gasteiger partial charge is 0.476 e. The Hall–Kier alpha value is -1.93. The highest BCUT2D eigenvalue weighted by Crippen LogP contribution is 2.38. The van der Waals surface area contributed by atoms with E-state index in [1.807, 2.05) is 0 Å². The van der Waals surface area contributed by atoms with E-state index in [4.69, 9.17) is 21.1 Å². The minimum Gasteiger partial charge on any atom is -0.476 e. The summed E-state index contributed by atoms with van der Waals surface area (Å²) in [6.45, 7) is 0. The van der Waals surface area contributed by atoms with Crippen LogP contribution in [0.3, 0.4) is 0 Å². The molecule has 0 aliphatic heterocycles. The van der Waals surface area contributed by atoms with Gasteiger partial charge in [0.15, 0.2) is 0 Å². The number of hydrogen-bond acceptors (Lipinski definition) is 6. The second kappa shape index (κ2) is 6.02. The van der Waals surface area contributed by atoms with Gasteiger partial charge in [-0.15, -0.1) is 0 Å². The number of hydrogen-bond donors (Lipinski definition) is 0. The SMILES string of the molecule is COc1ncnc(Oc2cc(Br)ccc2Cl)c1[N+](=O)[O-]. The van der Waals surface area contributed by atoms with Crippen molar-refractivity contribution in [3.05, 3.63) is 44.1 Å². The van der Waals surface area contributed by atoms with E-state index >= 15 is 0 Å². The van der Waals surface area contributed by atoms with Gasteiger partial charge < -0.3 is 9.47 Å². The lowest BCUT2D eigenvalue weighted by atomic mass is 10.3. The van der Waals surface area contributed by atoms with Gasteiger partial charge in [0, 0.05) is 4.47 Å². The lowest BCUT2D eigenvalue weighted by Crippen LogP contribution is -2.01. The Morgan fingerprint density at radius 2 is 2.05 bits per heavy atom. The molecule has 0 spiro atoms. The summed E-state index contributed by atoms with van der Waals surface area (Å²) in [7, 11) is 1.27. The summed E-state index contributed by atoms with van der Waals surface area (Å²) in [6.07, 6.45) is 1.10. The van der Waals surface area contributed by atoms with E-state index in [1.165, 1.54) is 7.11 Å². The maximum Gasteiger partial charge on any atom is 0.392 e. The maximum atomic E-state index is 11.1. The molecule has 0 amide bonds. The van der Waals surface area contributed by atoms with Gasteiger partial charge in [-0.1, -0.05) is 27.5 Å². The molecule has 0 saturated carbocycles. The fraction of sp³-hybridized carbons (Fsp3) is 0.0909. The van der Waals surface area contributed by atoms with E-state index in [1.54, 1.807) is 18.2 Å². The number of halogens is 2. The molecule has 0 saturated heterocycles. The normalized spacial score (nSPS) is 10.2. The van der Waals surface area contributed by atoms with Crippen LogP contribution in [-0.2, 0) is 0 Å². The molecule has 9 heteroatoms. The molecular formula is C11H7BrClN3O4. The minimum atomic E-state index is -0.680. The molecule has 0 radical (unpaired) electrons. The summed E-state index contributed by atoms with van der Waals surface area (Å²) in [5, 5.41) is 11.4. The molecule has 0 aliphatic carbocycles. The van der Waals surface area contributed by atoms with Crippen LogP contribution in [0.4, 0.5) is 5.69 Å². The van der Waals surface area contributed by atoms with Crippen LogP contribution in [0.15, 0.2) is 29.0 Å². The van der Waals surface area contributed by atoms with E-state index in [0.29, 0.717) is 9.50 Å². The molecular weight excluding hydrogens is 353 g/mol. The summed E-state index contributed by atoms with van der Waals surface area (Å²) >= 11 is 9.22. The molecule has 0 unspecified atom stereocenters. The number of nitrogens with zero attached hydrogens (tertiary/aromatic N) is 3. The van der Waals surface area contributed by atoms with Crippen molar-refractivity contribution in [1.29, 1.82) is 0 Å². The van der Waals surface area contributed by atoms with Crippen LogP contribution in [0.25, 0.3) is 0 Å². The fourth-order valence-corrected chi connectivity index (χ4v) is 1.88. The molecule has 1 heterocycles. The summed E-state index contributed by atoms with van der Waals surface area (Å²) in [6, 6.07) is 4.87. The molecule has 104 valence electrons. The van der Waals surface area contributed by atoms with E-state index in [2.05, 4.69) is 25.9 Å². The number of aromatic nitrogens is 2. The Kier molecular flexibility index (Phi) is 4.35. The molecule has 0 bridgehead atoms. The zero-order valence-corrected chi connectivity index (χ0v) is 12.4. The molecule has 20 heavy (non-hydrogen) atoms. The van der Waals surface area contributed by atoms with Crippen LogP contribution >= 0.6 is 27.5 Å². The van der Waals surface area contributed by atoms with Gasteiger partial charge in [0.1, 0.15) is 12.1 Å². The zero-order chi connectivity index (χ0) is 14.7. The van der Waals surface area contributed by atoms with Crippen LogP contribution in [0.2, 0.25) is 5.02 Å². The molecule has 1 aromatic carbocycles. The van der Waals surface area contributed by atoms with Crippen molar-refractivity contribution >= 4 is 33.2 Å². The van der Waals surface area contributed by atoms with Crippen molar-refractivity contribution < 1.29 is 14.4 Å². The first-order valence-corrected chi connectivity index (χ1v) is 6.36. The van der Waals surface area contributed by atoms with Crippen LogP contribution < -0.4 is 9.47 Å². The standard InChI is InChI=1S/C11H7BrClN3O4/c1-19-10-9(16(17)18)11(15-5-14-10)20-8-4-6(12)2-3-7(8)13/h2-5H,1H3. The molecule has 0 fully saturated rings. The Bertz CT molecular complexity index is 668. The highest BCUT2D eigenvalue weighted by molar-refractivity contribution is 9.10. The van der Waals surface area contributed by atoms with Gasteiger partial charge in [-0.05, 0) is 18.2 Å². The topological polar surface area (TPSA) is 87.4 Å². The van der Waals surface area contributed by atoms with Crippen LogP contribution in [0.5, 0.6) is 17.5 Å². The molecule has 7 nitrogen and oxygen atoms in total. The van der Waals surface area contributed by atoms with Crippen LogP contribution in [0.1, 0.15) is 0 Å². The van der Waals surface area contributed by atoms with Gasteiger partial charge in [0.2, 0.25) is 0 Å². The first-order chi connectivity index (χ1) is 9.52. The number of rotatable bonds is 4. The highest BCUT2D eigenvalue weighted by Gasteiger charge is 2.26.